The summed E-state index contributed by atoms with van der Waals surface area (Å²) < 4.78 is 10.5. The molecule has 1 aromatic heterocycles. The number of aryl methyl sites for hydroxylation is 1. The van der Waals surface area contributed by atoms with Crippen LogP contribution in [0.5, 0.6) is 11.5 Å². The van der Waals surface area contributed by atoms with E-state index in [0.29, 0.717) is 30.2 Å². The SMILES string of the molecule is CCN(Cc1ccc(OC)c(OC)c1)C(=O)c1cn[nH]c1C. The Hall–Kier alpha value is -2.50. The molecule has 0 aliphatic heterocycles. The molecule has 0 aliphatic rings. The fraction of sp³-hybridized carbons (Fsp3) is 0.375. The van der Waals surface area contributed by atoms with E-state index in [-0.39, 0.29) is 5.91 Å². The van der Waals surface area contributed by atoms with Crippen LogP contribution in [0, 0.1) is 6.92 Å². The second-order valence-electron chi connectivity index (χ2n) is 4.92. The number of H-pyrrole nitrogens is 1. The van der Waals surface area contributed by atoms with Gasteiger partial charge in [0.05, 0.1) is 26.0 Å². The van der Waals surface area contributed by atoms with E-state index in [9.17, 15) is 4.79 Å². The number of ether oxygens (including phenoxy) is 2. The summed E-state index contributed by atoms with van der Waals surface area (Å²) in [4.78, 5) is 14.3. The van der Waals surface area contributed by atoms with Crippen molar-refractivity contribution in [3.63, 3.8) is 0 Å². The van der Waals surface area contributed by atoms with Crippen LogP contribution in [0.2, 0.25) is 0 Å². The first kappa shape index (κ1) is 15.9. The Morgan fingerprint density at radius 1 is 1.27 bits per heavy atom. The van der Waals surface area contributed by atoms with Crippen molar-refractivity contribution in [3.8, 4) is 11.5 Å². The topological polar surface area (TPSA) is 67.5 Å². The maximum Gasteiger partial charge on any atom is 0.257 e. The number of aromatic nitrogens is 2. The quantitative estimate of drug-likeness (QED) is 0.890. The van der Waals surface area contributed by atoms with Gasteiger partial charge in [-0.15, -0.1) is 0 Å². The number of methoxy groups -OCH3 is 2. The van der Waals surface area contributed by atoms with Gasteiger partial charge in [0.1, 0.15) is 0 Å². The third-order valence-corrected chi connectivity index (χ3v) is 3.55. The molecule has 0 bridgehead atoms. The van der Waals surface area contributed by atoms with Crippen LogP contribution in [0.15, 0.2) is 24.4 Å². The molecule has 1 heterocycles. The molecule has 22 heavy (non-hydrogen) atoms. The molecule has 6 heteroatoms. The lowest BCUT2D eigenvalue weighted by atomic mass is 10.1. The van der Waals surface area contributed by atoms with E-state index >= 15 is 0 Å². The minimum absolute atomic E-state index is 0.0384. The highest BCUT2D eigenvalue weighted by Crippen LogP contribution is 2.28. The van der Waals surface area contributed by atoms with Crippen LogP contribution < -0.4 is 9.47 Å². The van der Waals surface area contributed by atoms with Gasteiger partial charge in [-0.3, -0.25) is 9.89 Å². The highest BCUT2D eigenvalue weighted by Gasteiger charge is 2.18. The van der Waals surface area contributed by atoms with Crippen LogP contribution in [0.4, 0.5) is 0 Å². The van der Waals surface area contributed by atoms with Gasteiger partial charge >= 0.3 is 0 Å². The molecule has 1 amide bonds. The molecule has 0 fully saturated rings. The zero-order valence-corrected chi connectivity index (χ0v) is 13.3. The number of hydrogen-bond acceptors (Lipinski definition) is 4. The van der Waals surface area contributed by atoms with Crippen molar-refractivity contribution in [1.82, 2.24) is 15.1 Å². The predicted molar refractivity (Wildman–Crippen MR) is 83.3 cm³/mol. The number of hydrogen-bond donors (Lipinski definition) is 1. The molecular weight excluding hydrogens is 282 g/mol. The lowest BCUT2D eigenvalue weighted by Gasteiger charge is -2.21. The Balaban J connectivity index is 2.20. The van der Waals surface area contributed by atoms with Crippen LogP contribution >= 0.6 is 0 Å². The smallest absolute Gasteiger partial charge is 0.257 e. The molecular formula is C16H21N3O3. The number of benzene rings is 1. The molecule has 0 unspecified atom stereocenters. The molecule has 118 valence electrons. The lowest BCUT2D eigenvalue weighted by molar-refractivity contribution is 0.0752. The molecule has 0 atom stereocenters. The fourth-order valence-corrected chi connectivity index (χ4v) is 2.26. The van der Waals surface area contributed by atoms with Gasteiger partial charge in [-0.1, -0.05) is 6.07 Å². The maximum atomic E-state index is 12.5. The molecule has 1 N–H and O–H groups in total. The van der Waals surface area contributed by atoms with E-state index in [0.717, 1.165) is 11.3 Å². The van der Waals surface area contributed by atoms with Crippen LogP contribution in [0.25, 0.3) is 0 Å². The molecule has 0 saturated carbocycles. The Bertz CT molecular complexity index is 652. The van der Waals surface area contributed by atoms with Crippen molar-refractivity contribution < 1.29 is 14.3 Å². The van der Waals surface area contributed by atoms with Crippen LogP contribution in [-0.2, 0) is 6.54 Å². The fourth-order valence-electron chi connectivity index (χ4n) is 2.26. The van der Waals surface area contributed by atoms with Gasteiger partial charge in [-0.25, -0.2) is 0 Å². The second-order valence-corrected chi connectivity index (χ2v) is 4.92. The molecule has 2 aromatic rings. The maximum absolute atomic E-state index is 12.5. The average Bonchev–Trinajstić information content (AvgIpc) is 2.97. The number of carbonyl (C=O) groups excluding carboxylic acids is 1. The number of carbonyl (C=O) groups is 1. The number of rotatable bonds is 6. The van der Waals surface area contributed by atoms with E-state index in [1.165, 1.54) is 0 Å². The summed E-state index contributed by atoms with van der Waals surface area (Å²) in [6.07, 6.45) is 1.56. The predicted octanol–water partition coefficient (Wildman–Crippen LogP) is 2.40. The first-order valence-electron chi connectivity index (χ1n) is 7.10. The van der Waals surface area contributed by atoms with E-state index in [4.69, 9.17) is 9.47 Å². The Morgan fingerprint density at radius 2 is 2.00 bits per heavy atom. The van der Waals surface area contributed by atoms with Crippen LogP contribution in [-0.4, -0.2) is 41.8 Å². The first-order chi connectivity index (χ1) is 10.6. The van der Waals surface area contributed by atoms with Crippen molar-refractivity contribution in [2.24, 2.45) is 0 Å². The zero-order chi connectivity index (χ0) is 16.1. The number of amides is 1. The van der Waals surface area contributed by atoms with E-state index < -0.39 is 0 Å². The second kappa shape index (κ2) is 6.98. The standard InChI is InChI=1S/C16H21N3O3/c1-5-19(16(20)13-9-17-18-11(13)2)10-12-6-7-14(21-3)15(8-12)22-4/h6-9H,5,10H2,1-4H3,(H,17,18). The van der Waals surface area contributed by atoms with E-state index in [2.05, 4.69) is 10.2 Å². The largest absolute Gasteiger partial charge is 0.493 e. The van der Waals surface area contributed by atoms with Crippen molar-refractivity contribution in [3.05, 3.63) is 41.2 Å². The van der Waals surface area contributed by atoms with E-state index in [1.807, 2.05) is 32.0 Å². The minimum Gasteiger partial charge on any atom is -0.493 e. The molecule has 6 nitrogen and oxygen atoms in total. The molecule has 0 spiro atoms. The Kier molecular flexibility index (Phi) is 5.04. The van der Waals surface area contributed by atoms with Gasteiger partial charge in [-0.2, -0.15) is 5.10 Å². The van der Waals surface area contributed by atoms with Gasteiger partial charge in [0.15, 0.2) is 11.5 Å². The van der Waals surface area contributed by atoms with Gasteiger partial charge in [0.2, 0.25) is 0 Å². The molecule has 0 aliphatic carbocycles. The highest BCUT2D eigenvalue weighted by atomic mass is 16.5. The van der Waals surface area contributed by atoms with Crippen LogP contribution in [0.3, 0.4) is 0 Å². The number of aromatic amines is 1. The monoisotopic (exact) mass is 303 g/mol. The lowest BCUT2D eigenvalue weighted by Crippen LogP contribution is -2.30. The van der Waals surface area contributed by atoms with Crippen LogP contribution in [0.1, 0.15) is 28.5 Å². The number of nitrogens with zero attached hydrogens (tertiary/aromatic N) is 2. The van der Waals surface area contributed by atoms with E-state index in [1.54, 1.807) is 25.3 Å². The average molecular weight is 303 g/mol. The minimum atomic E-state index is -0.0384. The van der Waals surface area contributed by atoms with Crippen molar-refractivity contribution >= 4 is 5.91 Å². The van der Waals surface area contributed by atoms with Gasteiger partial charge in [-0.05, 0) is 31.5 Å². The third-order valence-electron chi connectivity index (χ3n) is 3.55. The number of nitrogens with one attached hydrogen (secondary N) is 1. The molecule has 0 radical (unpaired) electrons. The highest BCUT2D eigenvalue weighted by molar-refractivity contribution is 5.94. The molecule has 1 aromatic carbocycles. The molecule has 0 saturated heterocycles. The summed E-state index contributed by atoms with van der Waals surface area (Å²) in [6, 6.07) is 5.66. The summed E-state index contributed by atoms with van der Waals surface area (Å²) in [7, 11) is 3.19. The first-order valence-corrected chi connectivity index (χ1v) is 7.10. The Labute approximate surface area is 130 Å². The summed E-state index contributed by atoms with van der Waals surface area (Å²) in [6.45, 7) is 4.90. The zero-order valence-electron chi connectivity index (χ0n) is 13.3. The molecule has 2 rings (SSSR count). The van der Waals surface area contributed by atoms with Gasteiger partial charge < -0.3 is 14.4 Å². The summed E-state index contributed by atoms with van der Waals surface area (Å²) in [5.74, 6) is 1.29. The Morgan fingerprint density at radius 3 is 2.55 bits per heavy atom. The summed E-state index contributed by atoms with van der Waals surface area (Å²) >= 11 is 0. The normalized spacial score (nSPS) is 10.4. The summed E-state index contributed by atoms with van der Waals surface area (Å²) in [5, 5.41) is 6.70. The van der Waals surface area contributed by atoms with Gasteiger partial charge in [0.25, 0.3) is 5.91 Å². The van der Waals surface area contributed by atoms with Gasteiger partial charge in [0, 0.05) is 18.8 Å². The van der Waals surface area contributed by atoms with Crippen molar-refractivity contribution in [1.29, 1.82) is 0 Å². The van der Waals surface area contributed by atoms with Crippen molar-refractivity contribution in [2.75, 3.05) is 20.8 Å². The summed E-state index contributed by atoms with van der Waals surface area (Å²) in [5.41, 5.74) is 2.35. The van der Waals surface area contributed by atoms with Crippen molar-refractivity contribution in [2.45, 2.75) is 20.4 Å². The third kappa shape index (κ3) is 3.21.